The van der Waals surface area contributed by atoms with Crippen LogP contribution in [0.15, 0.2) is 35.1 Å². The molecule has 106 valence electrons. The molecule has 0 spiro atoms. The second-order valence-corrected chi connectivity index (χ2v) is 4.31. The fraction of sp³-hybridized carbons (Fsp3) is 0.0769. The fourth-order valence-corrected chi connectivity index (χ4v) is 1.91. The van der Waals surface area contributed by atoms with Gasteiger partial charge in [0, 0.05) is 11.6 Å². The maximum absolute atomic E-state index is 11.4. The third-order valence-corrected chi connectivity index (χ3v) is 2.98. The topological polar surface area (TPSA) is 110 Å². The second kappa shape index (κ2) is 4.75. The van der Waals surface area contributed by atoms with E-state index in [1.165, 1.54) is 6.07 Å². The van der Waals surface area contributed by atoms with Crippen molar-refractivity contribution in [2.75, 3.05) is 0 Å². The lowest BCUT2D eigenvalue weighted by molar-refractivity contribution is 0.0695. The molecule has 0 radical (unpaired) electrons. The van der Waals surface area contributed by atoms with Gasteiger partial charge in [0.2, 0.25) is 5.88 Å². The number of nitrogens with one attached hydrogen (secondary N) is 1. The standard InChI is InChI=1S/C13H10N4O4/c1-7-8(12(18)19)3-2-4-9(7)21-11-6-5-10-14-15-13(20)17(10)16-11/h2-6H,1H3,(H,15,20)(H,18,19). The number of hydrogen-bond donors (Lipinski definition) is 2. The molecule has 3 rings (SSSR count). The summed E-state index contributed by atoms with van der Waals surface area (Å²) in [5.41, 5.74) is 0.510. The molecule has 0 saturated carbocycles. The van der Waals surface area contributed by atoms with Gasteiger partial charge >= 0.3 is 11.7 Å². The molecule has 2 aromatic heterocycles. The normalized spacial score (nSPS) is 10.7. The van der Waals surface area contributed by atoms with E-state index in [4.69, 9.17) is 9.84 Å². The lowest BCUT2D eigenvalue weighted by atomic mass is 10.1. The number of carboxylic acid groups (broad SMARTS) is 1. The summed E-state index contributed by atoms with van der Waals surface area (Å²) in [5.74, 6) is -0.512. The van der Waals surface area contributed by atoms with E-state index in [1.807, 2.05) is 0 Å². The summed E-state index contributed by atoms with van der Waals surface area (Å²) >= 11 is 0. The molecule has 0 bridgehead atoms. The Hall–Kier alpha value is -3.16. The molecule has 8 heteroatoms. The average Bonchev–Trinajstić information content (AvgIpc) is 2.82. The Morgan fingerprint density at radius 3 is 2.90 bits per heavy atom. The van der Waals surface area contributed by atoms with E-state index in [2.05, 4.69) is 15.3 Å². The number of ether oxygens (including phenoxy) is 1. The number of benzene rings is 1. The zero-order valence-electron chi connectivity index (χ0n) is 10.9. The summed E-state index contributed by atoms with van der Waals surface area (Å²) in [4.78, 5) is 22.5. The minimum atomic E-state index is -1.03. The van der Waals surface area contributed by atoms with Gasteiger partial charge in [-0.1, -0.05) is 6.07 Å². The van der Waals surface area contributed by atoms with Crippen LogP contribution >= 0.6 is 0 Å². The maximum Gasteiger partial charge on any atom is 0.364 e. The van der Waals surface area contributed by atoms with Gasteiger partial charge in [0.05, 0.1) is 5.56 Å². The first-order chi connectivity index (χ1) is 10.1. The first-order valence-corrected chi connectivity index (χ1v) is 6.01. The number of fused-ring (bicyclic) bond motifs is 1. The minimum absolute atomic E-state index is 0.147. The van der Waals surface area contributed by atoms with Crippen LogP contribution in [-0.2, 0) is 0 Å². The van der Waals surface area contributed by atoms with Crippen molar-refractivity contribution in [3.8, 4) is 11.6 Å². The Balaban J connectivity index is 2.02. The monoisotopic (exact) mass is 286 g/mol. The van der Waals surface area contributed by atoms with Gasteiger partial charge in [-0.05, 0) is 25.1 Å². The number of aromatic amines is 1. The van der Waals surface area contributed by atoms with Crippen LogP contribution in [-0.4, -0.2) is 30.9 Å². The molecule has 0 saturated heterocycles. The first-order valence-electron chi connectivity index (χ1n) is 6.01. The minimum Gasteiger partial charge on any atom is -0.478 e. The molecular formula is C13H10N4O4. The van der Waals surface area contributed by atoms with Crippen LogP contribution in [0, 0.1) is 6.92 Å². The highest BCUT2D eigenvalue weighted by Gasteiger charge is 2.12. The summed E-state index contributed by atoms with van der Waals surface area (Å²) in [5, 5.41) is 19.1. The molecule has 2 heterocycles. The van der Waals surface area contributed by atoms with Crippen LogP contribution in [0.1, 0.15) is 15.9 Å². The summed E-state index contributed by atoms with van der Waals surface area (Å²) in [6.45, 7) is 1.64. The van der Waals surface area contributed by atoms with E-state index in [-0.39, 0.29) is 11.4 Å². The van der Waals surface area contributed by atoms with E-state index < -0.39 is 11.7 Å². The van der Waals surface area contributed by atoms with Gasteiger partial charge in [-0.3, -0.25) is 0 Å². The lowest BCUT2D eigenvalue weighted by Crippen LogP contribution is -2.12. The van der Waals surface area contributed by atoms with Gasteiger partial charge in [-0.2, -0.15) is 9.61 Å². The van der Waals surface area contributed by atoms with E-state index in [0.29, 0.717) is 17.0 Å². The largest absolute Gasteiger partial charge is 0.478 e. The zero-order chi connectivity index (χ0) is 15.0. The van der Waals surface area contributed by atoms with E-state index in [1.54, 1.807) is 31.2 Å². The molecule has 21 heavy (non-hydrogen) atoms. The summed E-state index contributed by atoms with van der Waals surface area (Å²) in [6.07, 6.45) is 0. The van der Waals surface area contributed by atoms with Crippen LogP contribution in [0.2, 0.25) is 0 Å². The van der Waals surface area contributed by atoms with Crippen molar-refractivity contribution in [1.29, 1.82) is 0 Å². The first kappa shape index (κ1) is 12.9. The lowest BCUT2D eigenvalue weighted by Gasteiger charge is -2.09. The highest BCUT2D eigenvalue weighted by atomic mass is 16.5. The van der Waals surface area contributed by atoms with Crippen LogP contribution in [0.5, 0.6) is 11.6 Å². The molecule has 0 aliphatic heterocycles. The zero-order valence-corrected chi connectivity index (χ0v) is 10.9. The van der Waals surface area contributed by atoms with Gasteiger partial charge < -0.3 is 9.84 Å². The Morgan fingerprint density at radius 2 is 2.14 bits per heavy atom. The molecule has 0 amide bonds. The van der Waals surface area contributed by atoms with Crippen molar-refractivity contribution in [2.45, 2.75) is 6.92 Å². The van der Waals surface area contributed by atoms with Crippen LogP contribution in [0.25, 0.3) is 5.65 Å². The predicted octanol–water partition coefficient (Wildman–Crippen LogP) is 1.22. The van der Waals surface area contributed by atoms with Crippen LogP contribution < -0.4 is 10.4 Å². The van der Waals surface area contributed by atoms with Crippen molar-refractivity contribution in [1.82, 2.24) is 19.8 Å². The third-order valence-electron chi connectivity index (χ3n) is 2.98. The molecule has 0 aliphatic rings. The molecule has 2 N–H and O–H groups in total. The van der Waals surface area contributed by atoms with E-state index >= 15 is 0 Å². The molecular weight excluding hydrogens is 276 g/mol. The highest BCUT2D eigenvalue weighted by Crippen LogP contribution is 2.25. The van der Waals surface area contributed by atoms with Gasteiger partial charge in [-0.25, -0.2) is 14.7 Å². The SMILES string of the molecule is Cc1c(Oc2ccc3n[nH]c(=O)n3n2)cccc1C(=O)O. The number of hydrogen-bond acceptors (Lipinski definition) is 5. The highest BCUT2D eigenvalue weighted by molar-refractivity contribution is 5.90. The maximum atomic E-state index is 11.4. The van der Waals surface area contributed by atoms with E-state index in [0.717, 1.165) is 4.52 Å². The molecule has 3 aromatic rings. The number of H-pyrrole nitrogens is 1. The molecule has 0 aliphatic carbocycles. The Bertz CT molecular complexity index is 897. The van der Waals surface area contributed by atoms with Gasteiger partial charge in [0.25, 0.3) is 0 Å². The predicted molar refractivity (Wildman–Crippen MR) is 71.8 cm³/mol. The number of aromatic carboxylic acids is 1. The molecule has 0 atom stereocenters. The van der Waals surface area contributed by atoms with Crippen molar-refractivity contribution >= 4 is 11.6 Å². The average molecular weight is 286 g/mol. The Morgan fingerprint density at radius 1 is 1.33 bits per heavy atom. The van der Waals surface area contributed by atoms with Crippen molar-refractivity contribution in [2.24, 2.45) is 0 Å². The third kappa shape index (κ3) is 2.22. The summed E-state index contributed by atoms with van der Waals surface area (Å²) < 4.78 is 6.62. The smallest absolute Gasteiger partial charge is 0.364 e. The number of aromatic nitrogens is 4. The second-order valence-electron chi connectivity index (χ2n) is 4.31. The van der Waals surface area contributed by atoms with Crippen molar-refractivity contribution in [3.05, 3.63) is 51.9 Å². The molecule has 8 nitrogen and oxygen atoms in total. The van der Waals surface area contributed by atoms with Gasteiger partial charge in [-0.15, -0.1) is 5.10 Å². The van der Waals surface area contributed by atoms with Gasteiger partial charge in [0.1, 0.15) is 5.75 Å². The van der Waals surface area contributed by atoms with Crippen LogP contribution in [0.4, 0.5) is 0 Å². The molecule has 0 unspecified atom stereocenters. The van der Waals surface area contributed by atoms with Crippen molar-refractivity contribution < 1.29 is 14.6 Å². The van der Waals surface area contributed by atoms with Gasteiger partial charge in [0.15, 0.2) is 5.65 Å². The van der Waals surface area contributed by atoms with Crippen molar-refractivity contribution in [3.63, 3.8) is 0 Å². The molecule has 0 fully saturated rings. The summed E-state index contributed by atoms with van der Waals surface area (Å²) in [7, 11) is 0. The van der Waals surface area contributed by atoms with E-state index in [9.17, 15) is 9.59 Å². The van der Waals surface area contributed by atoms with Crippen LogP contribution in [0.3, 0.4) is 0 Å². The number of rotatable bonds is 3. The Kier molecular flexibility index (Phi) is 2.90. The fourth-order valence-electron chi connectivity index (χ4n) is 1.91. The quantitative estimate of drug-likeness (QED) is 0.749. The summed E-state index contributed by atoms with van der Waals surface area (Å²) in [6, 6.07) is 7.81. The Labute approximate surface area is 117 Å². The number of carbonyl (C=O) groups is 1. The number of carboxylic acids is 1. The molecule has 1 aromatic carbocycles. The number of nitrogens with zero attached hydrogens (tertiary/aromatic N) is 3.